The lowest BCUT2D eigenvalue weighted by Gasteiger charge is -2.18. The van der Waals surface area contributed by atoms with Gasteiger partial charge in [0.05, 0.1) is 19.6 Å². The second kappa shape index (κ2) is 7.87. The second-order valence-corrected chi connectivity index (χ2v) is 5.94. The van der Waals surface area contributed by atoms with Gasteiger partial charge in [0.2, 0.25) is 0 Å². The van der Waals surface area contributed by atoms with Gasteiger partial charge in [0, 0.05) is 10.2 Å². The fourth-order valence-electron chi connectivity index (χ4n) is 2.10. The highest BCUT2D eigenvalue weighted by atomic mass is 79.9. The van der Waals surface area contributed by atoms with E-state index in [-0.39, 0.29) is 12.3 Å². The standard InChI is InChI=1S/C17H17BrN2O3/c1-11-4-3-5-14(19-11)17(22)20-15(10-16(21)23-2)12-6-8-13(18)9-7-12/h3-9,15H,10H2,1-2H3,(H,20,22). The number of aryl methyl sites for hydroxylation is 1. The van der Waals surface area contributed by atoms with Crippen LogP contribution in [0, 0.1) is 6.92 Å². The zero-order valence-corrected chi connectivity index (χ0v) is 14.5. The number of carbonyl (C=O) groups excluding carboxylic acids is 2. The van der Waals surface area contributed by atoms with Crippen molar-refractivity contribution in [2.75, 3.05) is 7.11 Å². The third kappa shape index (κ3) is 4.89. The van der Waals surface area contributed by atoms with Gasteiger partial charge in [-0.25, -0.2) is 4.98 Å². The minimum Gasteiger partial charge on any atom is -0.469 e. The number of nitrogens with one attached hydrogen (secondary N) is 1. The fourth-order valence-corrected chi connectivity index (χ4v) is 2.36. The number of rotatable bonds is 5. The zero-order valence-electron chi connectivity index (χ0n) is 12.9. The molecule has 0 bridgehead atoms. The number of amides is 1. The Bertz CT molecular complexity index is 701. The Morgan fingerprint density at radius 3 is 2.52 bits per heavy atom. The van der Waals surface area contributed by atoms with E-state index in [4.69, 9.17) is 4.74 Å². The number of halogens is 1. The highest BCUT2D eigenvalue weighted by Crippen LogP contribution is 2.20. The number of esters is 1. The number of carbonyl (C=O) groups is 2. The Hall–Kier alpha value is -2.21. The molecule has 120 valence electrons. The summed E-state index contributed by atoms with van der Waals surface area (Å²) < 4.78 is 5.64. The van der Waals surface area contributed by atoms with Crippen LogP contribution in [-0.4, -0.2) is 24.0 Å². The Morgan fingerprint density at radius 2 is 1.91 bits per heavy atom. The maximum atomic E-state index is 12.4. The van der Waals surface area contributed by atoms with Crippen molar-refractivity contribution < 1.29 is 14.3 Å². The van der Waals surface area contributed by atoms with Crippen LogP contribution in [0.1, 0.15) is 34.2 Å². The highest BCUT2D eigenvalue weighted by Gasteiger charge is 2.20. The molecule has 0 aliphatic carbocycles. The first-order chi connectivity index (χ1) is 11.0. The summed E-state index contributed by atoms with van der Waals surface area (Å²) >= 11 is 3.37. The summed E-state index contributed by atoms with van der Waals surface area (Å²) in [4.78, 5) is 28.2. The molecule has 1 heterocycles. The SMILES string of the molecule is COC(=O)CC(NC(=O)c1cccc(C)n1)c1ccc(Br)cc1. The van der Waals surface area contributed by atoms with E-state index in [1.54, 1.807) is 12.1 Å². The molecule has 0 saturated carbocycles. The van der Waals surface area contributed by atoms with Crippen molar-refractivity contribution in [3.05, 3.63) is 63.9 Å². The largest absolute Gasteiger partial charge is 0.469 e. The fraction of sp³-hybridized carbons (Fsp3) is 0.235. The summed E-state index contributed by atoms with van der Waals surface area (Å²) in [6.07, 6.45) is 0.0513. The minimum atomic E-state index is -0.481. The van der Waals surface area contributed by atoms with Gasteiger partial charge in [-0.15, -0.1) is 0 Å². The lowest BCUT2D eigenvalue weighted by Crippen LogP contribution is -2.31. The highest BCUT2D eigenvalue weighted by molar-refractivity contribution is 9.10. The third-order valence-electron chi connectivity index (χ3n) is 3.30. The predicted octanol–water partition coefficient (Wildman–Crippen LogP) is 3.19. The van der Waals surface area contributed by atoms with Gasteiger partial charge in [-0.2, -0.15) is 0 Å². The van der Waals surface area contributed by atoms with Gasteiger partial charge in [0.25, 0.3) is 5.91 Å². The van der Waals surface area contributed by atoms with E-state index in [0.29, 0.717) is 5.69 Å². The molecule has 1 N–H and O–H groups in total. The Labute approximate surface area is 143 Å². The molecule has 2 aromatic rings. The van der Waals surface area contributed by atoms with Crippen molar-refractivity contribution in [3.63, 3.8) is 0 Å². The van der Waals surface area contributed by atoms with Crippen LogP contribution in [0.2, 0.25) is 0 Å². The molecule has 1 aromatic heterocycles. The molecule has 0 radical (unpaired) electrons. The van der Waals surface area contributed by atoms with Crippen LogP contribution in [0.5, 0.6) is 0 Å². The number of aromatic nitrogens is 1. The quantitative estimate of drug-likeness (QED) is 0.813. The second-order valence-electron chi connectivity index (χ2n) is 5.02. The first kappa shape index (κ1) is 17.1. The van der Waals surface area contributed by atoms with E-state index in [1.807, 2.05) is 37.3 Å². The van der Waals surface area contributed by atoms with Crippen LogP contribution in [-0.2, 0) is 9.53 Å². The van der Waals surface area contributed by atoms with Gasteiger partial charge in [-0.3, -0.25) is 9.59 Å². The molecule has 0 saturated heterocycles. The van der Waals surface area contributed by atoms with Crippen LogP contribution in [0.3, 0.4) is 0 Å². The van der Waals surface area contributed by atoms with E-state index in [2.05, 4.69) is 26.2 Å². The Morgan fingerprint density at radius 1 is 1.22 bits per heavy atom. The average Bonchev–Trinajstić information content (AvgIpc) is 2.54. The lowest BCUT2D eigenvalue weighted by molar-refractivity contribution is -0.141. The van der Waals surface area contributed by atoms with Crippen LogP contribution in [0.15, 0.2) is 46.9 Å². The van der Waals surface area contributed by atoms with Crippen LogP contribution in [0.4, 0.5) is 0 Å². The number of nitrogens with zero attached hydrogens (tertiary/aromatic N) is 1. The van der Waals surface area contributed by atoms with Crippen molar-refractivity contribution in [1.82, 2.24) is 10.3 Å². The monoisotopic (exact) mass is 376 g/mol. The van der Waals surface area contributed by atoms with Gasteiger partial charge in [0.1, 0.15) is 5.69 Å². The van der Waals surface area contributed by atoms with E-state index in [0.717, 1.165) is 15.7 Å². The van der Waals surface area contributed by atoms with Crippen molar-refractivity contribution in [2.45, 2.75) is 19.4 Å². The normalized spacial score (nSPS) is 11.6. The lowest BCUT2D eigenvalue weighted by atomic mass is 10.0. The summed E-state index contributed by atoms with van der Waals surface area (Å²) in [5.41, 5.74) is 1.89. The van der Waals surface area contributed by atoms with E-state index in [9.17, 15) is 9.59 Å². The van der Waals surface area contributed by atoms with Crippen LogP contribution < -0.4 is 5.32 Å². The molecule has 23 heavy (non-hydrogen) atoms. The summed E-state index contributed by atoms with van der Waals surface area (Å²) in [6.45, 7) is 1.82. The molecule has 1 aromatic carbocycles. The molecule has 1 unspecified atom stereocenters. The molecular weight excluding hydrogens is 360 g/mol. The first-order valence-electron chi connectivity index (χ1n) is 7.06. The maximum absolute atomic E-state index is 12.4. The number of methoxy groups -OCH3 is 1. The number of benzene rings is 1. The topological polar surface area (TPSA) is 68.3 Å². The molecule has 0 aliphatic heterocycles. The van der Waals surface area contributed by atoms with Gasteiger partial charge >= 0.3 is 5.97 Å². The van der Waals surface area contributed by atoms with Crippen molar-refractivity contribution in [3.8, 4) is 0 Å². The minimum absolute atomic E-state index is 0.0513. The van der Waals surface area contributed by atoms with Crippen LogP contribution in [0.25, 0.3) is 0 Å². The third-order valence-corrected chi connectivity index (χ3v) is 3.83. The number of ether oxygens (including phenoxy) is 1. The maximum Gasteiger partial charge on any atom is 0.307 e. The molecule has 1 atom stereocenters. The number of hydrogen-bond acceptors (Lipinski definition) is 4. The van der Waals surface area contributed by atoms with Crippen molar-refractivity contribution in [1.29, 1.82) is 0 Å². The zero-order chi connectivity index (χ0) is 16.8. The molecule has 2 rings (SSSR count). The summed E-state index contributed by atoms with van der Waals surface area (Å²) in [5, 5.41) is 2.84. The van der Waals surface area contributed by atoms with Crippen LogP contribution >= 0.6 is 15.9 Å². The number of hydrogen-bond donors (Lipinski definition) is 1. The van der Waals surface area contributed by atoms with Gasteiger partial charge in [-0.05, 0) is 36.8 Å². The smallest absolute Gasteiger partial charge is 0.307 e. The van der Waals surface area contributed by atoms with E-state index in [1.165, 1.54) is 7.11 Å². The summed E-state index contributed by atoms with van der Waals surface area (Å²) in [6, 6.07) is 12.2. The molecule has 1 amide bonds. The first-order valence-corrected chi connectivity index (χ1v) is 7.85. The molecule has 0 fully saturated rings. The van der Waals surface area contributed by atoms with E-state index >= 15 is 0 Å². The van der Waals surface area contributed by atoms with Crippen molar-refractivity contribution >= 4 is 27.8 Å². The van der Waals surface area contributed by atoms with Crippen molar-refractivity contribution in [2.24, 2.45) is 0 Å². The van der Waals surface area contributed by atoms with E-state index < -0.39 is 12.0 Å². The summed E-state index contributed by atoms with van der Waals surface area (Å²) in [7, 11) is 1.32. The molecular formula is C17H17BrN2O3. The predicted molar refractivity (Wildman–Crippen MR) is 90.0 cm³/mol. The molecule has 6 heteroatoms. The van der Waals surface area contributed by atoms with Gasteiger partial charge in [-0.1, -0.05) is 34.1 Å². The number of pyridine rings is 1. The Balaban J connectivity index is 2.21. The Kier molecular flexibility index (Phi) is 5.87. The average molecular weight is 377 g/mol. The molecule has 5 nitrogen and oxygen atoms in total. The van der Waals surface area contributed by atoms with Gasteiger partial charge in [0.15, 0.2) is 0 Å². The summed E-state index contributed by atoms with van der Waals surface area (Å²) in [5.74, 6) is -0.721. The molecule has 0 aliphatic rings. The molecule has 0 spiro atoms. The van der Waals surface area contributed by atoms with Gasteiger partial charge < -0.3 is 10.1 Å².